The Bertz CT molecular complexity index is 348. The largest absolute Gasteiger partial charge is 0.378 e. The lowest BCUT2D eigenvalue weighted by Gasteiger charge is -2.29. The zero-order chi connectivity index (χ0) is 11.4. The lowest BCUT2D eigenvalue weighted by Crippen LogP contribution is -2.36. The Kier molecular flexibility index (Phi) is 3.72. The Hall–Kier alpha value is -1.16. The van der Waals surface area contributed by atoms with E-state index in [1.807, 2.05) is 6.92 Å². The van der Waals surface area contributed by atoms with Crippen LogP contribution in [-0.4, -0.2) is 36.5 Å². The van der Waals surface area contributed by atoms with Crippen molar-refractivity contribution in [3.8, 4) is 0 Å². The van der Waals surface area contributed by atoms with Gasteiger partial charge >= 0.3 is 0 Å². The highest BCUT2D eigenvalue weighted by molar-refractivity contribution is 5.50. The van der Waals surface area contributed by atoms with Crippen molar-refractivity contribution in [3.63, 3.8) is 0 Å². The summed E-state index contributed by atoms with van der Waals surface area (Å²) in [6, 6.07) is 2.18. The molecular formula is C12H19N3O. The number of nitrogens with zero attached hydrogens (tertiary/aromatic N) is 3. The Morgan fingerprint density at radius 1 is 1.31 bits per heavy atom. The van der Waals surface area contributed by atoms with Crippen LogP contribution in [0.5, 0.6) is 0 Å². The average Bonchev–Trinajstić information content (AvgIpc) is 2.33. The predicted octanol–water partition coefficient (Wildman–Crippen LogP) is 1.57. The Labute approximate surface area is 96.6 Å². The van der Waals surface area contributed by atoms with Gasteiger partial charge in [-0.3, -0.25) is 0 Å². The standard InChI is InChI=1S/C12H19N3O/c1-3-4-11-9-12(10(2)13-14-11)15-5-7-16-8-6-15/h9H,3-8H2,1-2H3. The van der Waals surface area contributed by atoms with Crippen molar-refractivity contribution >= 4 is 5.69 Å². The summed E-state index contributed by atoms with van der Waals surface area (Å²) in [7, 11) is 0. The van der Waals surface area contributed by atoms with E-state index in [0.29, 0.717) is 0 Å². The molecule has 88 valence electrons. The van der Waals surface area contributed by atoms with Crippen molar-refractivity contribution in [1.82, 2.24) is 10.2 Å². The van der Waals surface area contributed by atoms with E-state index in [1.165, 1.54) is 5.69 Å². The normalized spacial score (nSPS) is 16.5. The van der Waals surface area contributed by atoms with Crippen molar-refractivity contribution in [2.45, 2.75) is 26.7 Å². The van der Waals surface area contributed by atoms with Crippen LogP contribution >= 0.6 is 0 Å². The Balaban J connectivity index is 2.19. The molecule has 1 aromatic heterocycles. The maximum Gasteiger partial charge on any atom is 0.0833 e. The lowest BCUT2D eigenvalue weighted by molar-refractivity contribution is 0.122. The Morgan fingerprint density at radius 2 is 2.06 bits per heavy atom. The minimum absolute atomic E-state index is 0.810. The van der Waals surface area contributed by atoms with Gasteiger partial charge in [0.15, 0.2) is 0 Å². The highest BCUT2D eigenvalue weighted by atomic mass is 16.5. The van der Waals surface area contributed by atoms with Crippen molar-refractivity contribution < 1.29 is 4.74 Å². The summed E-state index contributed by atoms with van der Waals surface area (Å²) in [6.45, 7) is 7.72. The monoisotopic (exact) mass is 221 g/mol. The molecule has 1 fully saturated rings. The molecule has 1 aliphatic heterocycles. The minimum Gasteiger partial charge on any atom is -0.378 e. The van der Waals surface area contributed by atoms with Gasteiger partial charge in [-0.2, -0.15) is 10.2 Å². The summed E-state index contributed by atoms with van der Waals surface area (Å²) in [5.74, 6) is 0. The van der Waals surface area contributed by atoms with Crippen molar-refractivity contribution in [3.05, 3.63) is 17.5 Å². The van der Waals surface area contributed by atoms with Crippen LogP contribution in [-0.2, 0) is 11.2 Å². The second kappa shape index (κ2) is 5.25. The molecule has 2 rings (SSSR count). The Morgan fingerprint density at radius 3 is 2.75 bits per heavy atom. The molecule has 16 heavy (non-hydrogen) atoms. The van der Waals surface area contributed by atoms with Gasteiger partial charge in [0.25, 0.3) is 0 Å². The number of aromatic nitrogens is 2. The third kappa shape index (κ3) is 2.50. The summed E-state index contributed by atoms with van der Waals surface area (Å²) >= 11 is 0. The van der Waals surface area contributed by atoms with Gasteiger partial charge in [0.05, 0.1) is 30.3 Å². The third-order valence-corrected chi connectivity index (χ3v) is 2.86. The summed E-state index contributed by atoms with van der Waals surface area (Å²) < 4.78 is 5.36. The number of hydrogen-bond donors (Lipinski definition) is 0. The lowest BCUT2D eigenvalue weighted by atomic mass is 10.2. The summed E-state index contributed by atoms with van der Waals surface area (Å²) in [5, 5.41) is 8.46. The fraction of sp³-hybridized carbons (Fsp3) is 0.667. The molecule has 0 spiro atoms. The first-order valence-corrected chi connectivity index (χ1v) is 5.97. The van der Waals surface area contributed by atoms with E-state index >= 15 is 0 Å². The van der Waals surface area contributed by atoms with Crippen molar-refractivity contribution in [1.29, 1.82) is 0 Å². The molecule has 4 heteroatoms. The van der Waals surface area contributed by atoms with Gasteiger partial charge in [0.1, 0.15) is 0 Å². The SMILES string of the molecule is CCCc1cc(N2CCOCC2)c(C)nn1. The zero-order valence-electron chi connectivity index (χ0n) is 10.1. The van der Waals surface area contributed by atoms with Crippen LogP contribution in [0.3, 0.4) is 0 Å². The second-order valence-corrected chi connectivity index (χ2v) is 4.16. The van der Waals surface area contributed by atoms with Crippen molar-refractivity contribution in [2.75, 3.05) is 31.2 Å². The van der Waals surface area contributed by atoms with Crippen LogP contribution in [0.2, 0.25) is 0 Å². The van der Waals surface area contributed by atoms with Gasteiger partial charge in [-0.05, 0) is 19.4 Å². The highest BCUT2D eigenvalue weighted by Crippen LogP contribution is 2.19. The maximum atomic E-state index is 5.36. The topological polar surface area (TPSA) is 38.2 Å². The molecule has 0 atom stereocenters. The van der Waals surface area contributed by atoms with Crippen molar-refractivity contribution in [2.24, 2.45) is 0 Å². The van der Waals surface area contributed by atoms with E-state index in [2.05, 4.69) is 28.1 Å². The van der Waals surface area contributed by atoms with Crippen LogP contribution < -0.4 is 4.90 Å². The number of ether oxygens (including phenoxy) is 1. The summed E-state index contributed by atoms with van der Waals surface area (Å²) in [5.41, 5.74) is 3.33. The van der Waals surface area contributed by atoms with Gasteiger partial charge in [-0.25, -0.2) is 0 Å². The zero-order valence-corrected chi connectivity index (χ0v) is 10.1. The molecule has 2 heterocycles. The quantitative estimate of drug-likeness (QED) is 0.776. The number of morpholine rings is 1. The molecule has 0 unspecified atom stereocenters. The molecule has 0 radical (unpaired) electrons. The molecule has 4 nitrogen and oxygen atoms in total. The van der Waals surface area contributed by atoms with E-state index in [0.717, 1.165) is 50.5 Å². The molecule has 1 saturated heterocycles. The third-order valence-electron chi connectivity index (χ3n) is 2.86. The molecular weight excluding hydrogens is 202 g/mol. The van der Waals surface area contributed by atoms with Crippen LogP contribution in [0.1, 0.15) is 24.7 Å². The van der Waals surface area contributed by atoms with Gasteiger partial charge in [0, 0.05) is 13.1 Å². The van der Waals surface area contributed by atoms with E-state index in [-0.39, 0.29) is 0 Å². The average molecular weight is 221 g/mol. The van der Waals surface area contributed by atoms with E-state index in [4.69, 9.17) is 4.74 Å². The fourth-order valence-electron chi connectivity index (χ4n) is 1.98. The molecule has 0 aromatic carbocycles. The first kappa shape index (κ1) is 11.3. The smallest absolute Gasteiger partial charge is 0.0833 e. The summed E-state index contributed by atoms with van der Waals surface area (Å²) in [6.07, 6.45) is 2.12. The van der Waals surface area contributed by atoms with Gasteiger partial charge in [0.2, 0.25) is 0 Å². The van der Waals surface area contributed by atoms with E-state index in [1.54, 1.807) is 0 Å². The molecule has 0 saturated carbocycles. The van der Waals surface area contributed by atoms with E-state index < -0.39 is 0 Å². The maximum absolute atomic E-state index is 5.36. The van der Waals surface area contributed by atoms with Crippen LogP contribution in [0, 0.1) is 6.92 Å². The molecule has 0 aliphatic carbocycles. The molecule has 1 aliphatic rings. The van der Waals surface area contributed by atoms with E-state index in [9.17, 15) is 0 Å². The van der Waals surface area contributed by atoms with Gasteiger partial charge in [-0.15, -0.1) is 0 Å². The van der Waals surface area contributed by atoms with Gasteiger partial charge in [-0.1, -0.05) is 13.3 Å². The fourth-order valence-corrected chi connectivity index (χ4v) is 1.98. The first-order chi connectivity index (χ1) is 7.81. The number of anilines is 1. The molecule has 0 amide bonds. The predicted molar refractivity (Wildman–Crippen MR) is 63.8 cm³/mol. The van der Waals surface area contributed by atoms with Gasteiger partial charge < -0.3 is 9.64 Å². The highest BCUT2D eigenvalue weighted by Gasteiger charge is 2.14. The van der Waals surface area contributed by atoms with Crippen LogP contribution in [0.4, 0.5) is 5.69 Å². The summed E-state index contributed by atoms with van der Waals surface area (Å²) in [4.78, 5) is 2.34. The number of aryl methyl sites for hydroxylation is 2. The number of hydrogen-bond acceptors (Lipinski definition) is 4. The second-order valence-electron chi connectivity index (χ2n) is 4.16. The molecule has 0 N–H and O–H groups in total. The molecule has 0 bridgehead atoms. The van der Waals surface area contributed by atoms with Crippen LogP contribution in [0.15, 0.2) is 6.07 Å². The minimum atomic E-state index is 0.810. The van der Waals surface area contributed by atoms with Crippen LogP contribution in [0.25, 0.3) is 0 Å². The number of rotatable bonds is 3. The first-order valence-electron chi connectivity index (χ1n) is 5.97. The molecule has 1 aromatic rings.